The smallest absolute Gasteiger partial charge is 0.330 e. The van der Waals surface area contributed by atoms with Gasteiger partial charge in [-0.05, 0) is 29.5 Å². The summed E-state index contributed by atoms with van der Waals surface area (Å²) in [4.78, 5) is 22.9. The van der Waals surface area contributed by atoms with Crippen molar-refractivity contribution in [2.24, 2.45) is 0 Å². The Balaban J connectivity index is 2.48. The first kappa shape index (κ1) is 17.0. The summed E-state index contributed by atoms with van der Waals surface area (Å²) in [5.41, 5.74) is 1.95. The molecule has 1 rings (SSSR count). The fourth-order valence-corrected chi connectivity index (χ4v) is 1.65. The van der Waals surface area contributed by atoms with Crippen LogP contribution in [0.5, 0.6) is 0 Å². The molecule has 0 fully saturated rings. The minimum atomic E-state index is -0.505. The topological polar surface area (TPSA) is 55.4 Å². The fourth-order valence-electron chi connectivity index (χ4n) is 1.65. The molecule has 21 heavy (non-hydrogen) atoms. The van der Waals surface area contributed by atoms with Gasteiger partial charge in [-0.3, -0.25) is 4.79 Å². The molecule has 0 spiro atoms. The Morgan fingerprint density at radius 3 is 2.33 bits per heavy atom. The molecule has 0 saturated carbocycles. The zero-order valence-corrected chi connectivity index (χ0v) is 13.1. The summed E-state index contributed by atoms with van der Waals surface area (Å²) >= 11 is 0. The molecule has 4 nitrogen and oxygen atoms in total. The Labute approximate surface area is 126 Å². The minimum absolute atomic E-state index is 0.0731. The lowest BCUT2D eigenvalue weighted by Crippen LogP contribution is -2.20. The fraction of sp³-hybridized carbons (Fsp3) is 0.412. The number of allylic oxidation sites excluding steroid dienone is 1. The summed E-state index contributed by atoms with van der Waals surface area (Å²) in [6, 6.07) is 7.64. The monoisotopic (exact) mass is 289 g/mol. The van der Waals surface area contributed by atoms with Gasteiger partial charge in [-0.2, -0.15) is 0 Å². The molecule has 4 heteroatoms. The van der Waals surface area contributed by atoms with Crippen molar-refractivity contribution in [3.8, 4) is 0 Å². The van der Waals surface area contributed by atoms with Crippen molar-refractivity contribution in [2.75, 3.05) is 11.9 Å². The molecule has 114 valence electrons. The first-order chi connectivity index (χ1) is 9.82. The normalized spacial score (nSPS) is 11.4. The second kappa shape index (κ2) is 7.62. The van der Waals surface area contributed by atoms with E-state index < -0.39 is 5.97 Å². The van der Waals surface area contributed by atoms with Gasteiger partial charge in [0.15, 0.2) is 6.61 Å². The van der Waals surface area contributed by atoms with Crippen LogP contribution in [0.4, 0.5) is 5.69 Å². The van der Waals surface area contributed by atoms with E-state index in [9.17, 15) is 9.59 Å². The maximum absolute atomic E-state index is 11.7. The lowest BCUT2D eigenvalue weighted by atomic mass is 9.87. The van der Waals surface area contributed by atoms with Gasteiger partial charge in [-0.25, -0.2) is 4.79 Å². The highest BCUT2D eigenvalue weighted by Crippen LogP contribution is 2.23. The van der Waals surface area contributed by atoms with Crippen molar-refractivity contribution in [3.05, 3.63) is 42.0 Å². The van der Waals surface area contributed by atoms with E-state index in [2.05, 4.69) is 26.1 Å². The average Bonchev–Trinajstić information content (AvgIpc) is 2.42. The number of rotatable bonds is 5. The number of hydrogen-bond acceptors (Lipinski definition) is 3. The van der Waals surface area contributed by atoms with E-state index in [0.717, 1.165) is 6.42 Å². The summed E-state index contributed by atoms with van der Waals surface area (Å²) in [5, 5.41) is 2.69. The molecule has 1 amide bonds. The standard InChI is InChI=1S/C17H23NO3/c1-5-6-7-16(20)21-12-15(19)18-14-10-8-13(9-11-14)17(2,3)4/h6-11H,5,12H2,1-4H3,(H,18,19)/b7-6+. The summed E-state index contributed by atoms with van der Waals surface area (Å²) in [6.07, 6.45) is 3.76. The van der Waals surface area contributed by atoms with E-state index in [-0.39, 0.29) is 17.9 Å². The highest BCUT2D eigenvalue weighted by molar-refractivity contribution is 5.93. The van der Waals surface area contributed by atoms with E-state index in [4.69, 9.17) is 4.74 Å². The van der Waals surface area contributed by atoms with E-state index in [1.54, 1.807) is 6.08 Å². The predicted octanol–water partition coefficient (Wildman–Crippen LogP) is 3.43. The zero-order valence-electron chi connectivity index (χ0n) is 13.1. The van der Waals surface area contributed by atoms with Gasteiger partial charge in [-0.1, -0.05) is 45.9 Å². The molecule has 0 aliphatic heterocycles. The Hall–Kier alpha value is -2.10. The van der Waals surface area contributed by atoms with Crippen molar-refractivity contribution < 1.29 is 14.3 Å². The van der Waals surface area contributed by atoms with Crippen molar-refractivity contribution in [3.63, 3.8) is 0 Å². The predicted molar refractivity (Wildman–Crippen MR) is 84.2 cm³/mol. The number of benzene rings is 1. The molecule has 0 heterocycles. The van der Waals surface area contributed by atoms with Crippen LogP contribution in [-0.2, 0) is 19.7 Å². The van der Waals surface area contributed by atoms with Crippen LogP contribution in [0.25, 0.3) is 0 Å². The molecule has 1 N–H and O–H groups in total. The van der Waals surface area contributed by atoms with Gasteiger partial charge in [0, 0.05) is 11.8 Å². The van der Waals surface area contributed by atoms with Crippen LogP contribution in [0, 0.1) is 0 Å². The Bertz CT molecular complexity index is 510. The molecule has 1 aromatic carbocycles. The van der Waals surface area contributed by atoms with Crippen LogP contribution < -0.4 is 5.32 Å². The van der Waals surface area contributed by atoms with E-state index >= 15 is 0 Å². The third-order valence-electron chi connectivity index (χ3n) is 2.87. The minimum Gasteiger partial charge on any atom is -0.452 e. The summed E-state index contributed by atoms with van der Waals surface area (Å²) in [5.74, 6) is -0.855. The van der Waals surface area contributed by atoms with Gasteiger partial charge in [0.05, 0.1) is 0 Å². The summed E-state index contributed by atoms with van der Waals surface area (Å²) in [7, 11) is 0. The molecular weight excluding hydrogens is 266 g/mol. The second-order valence-corrected chi connectivity index (χ2v) is 5.79. The number of anilines is 1. The van der Waals surface area contributed by atoms with E-state index in [1.165, 1.54) is 11.6 Å². The highest BCUT2D eigenvalue weighted by Gasteiger charge is 2.13. The van der Waals surface area contributed by atoms with Gasteiger partial charge >= 0.3 is 5.97 Å². The molecule has 0 aromatic heterocycles. The van der Waals surface area contributed by atoms with Crippen LogP contribution in [0.2, 0.25) is 0 Å². The van der Waals surface area contributed by atoms with Gasteiger partial charge in [0.25, 0.3) is 5.91 Å². The number of nitrogens with one attached hydrogen (secondary N) is 1. The number of ether oxygens (including phenoxy) is 1. The third kappa shape index (κ3) is 6.25. The van der Waals surface area contributed by atoms with Crippen LogP contribution in [0.1, 0.15) is 39.7 Å². The van der Waals surface area contributed by atoms with Gasteiger partial charge in [-0.15, -0.1) is 0 Å². The Morgan fingerprint density at radius 2 is 1.81 bits per heavy atom. The maximum Gasteiger partial charge on any atom is 0.330 e. The Kier molecular flexibility index (Phi) is 6.15. The molecular formula is C17H23NO3. The SMILES string of the molecule is CC/C=C/C(=O)OCC(=O)Nc1ccc(C(C)(C)C)cc1. The van der Waals surface area contributed by atoms with Crippen LogP contribution in [0.15, 0.2) is 36.4 Å². The molecule has 0 unspecified atom stereocenters. The molecule has 1 aromatic rings. The summed E-state index contributed by atoms with van der Waals surface area (Å²) < 4.78 is 4.82. The molecule has 0 aliphatic carbocycles. The van der Waals surface area contributed by atoms with E-state index in [0.29, 0.717) is 5.69 Å². The largest absolute Gasteiger partial charge is 0.452 e. The lowest BCUT2D eigenvalue weighted by molar-refractivity contribution is -0.142. The summed E-state index contributed by atoms with van der Waals surface area (Å²) in [6.45, 7) is 8.02. The molecule has 0 aliphatic rings. The highest BCUT2D eigenvalue weighted by atomic mass is 16.5. The number of esters is 1. The second-order valence-electron chi connectivity index (χ2n) is 5.79. The van der Waals surface area contributed by atoms with Crippen LogP contribution in [0.3, 0.4) is 0 Å². The van der Waals surface area contributed by atoms with Crippen LogP contribution >= 0.6 is 0 Å². The number of carbonyl (C=O) groups is 2. The first-order valence-electron chi connectivity index (χ1n) is 7.06. The van der Waals surface area contributed by atoms with Gasteiger partial charge < -0.3 is 10.1 Å². The number of carbonyl (C=O) groups excluding carboxylic acids is 2. The van der Waals surface area contributed by atoms with Crippen molar-refractivity contribution in [1.29, 1.82) is 0 Å². The van der Waals surface area contributed by atoms with Crippen molar-refractivity contribution in [2.45, 2.75) is 39.5 Å². The van der Waals surface area contributed by atoms with Gasteiger partial charge in [0.1, 0.15) is 0 Å². The molecule has 0 radical (unpaired) electrons. The quantitative estimate of drug-likeness (QED) is 0.667. The number of hydrogen-bond donors (Lipinski definition) is 1. The van der Waals surface area contributed by atoms with Gasteiger partial charge in [0.2, 0.25) is 0 Å². The zero-order chi connectivity index (χ0) is 15.9. The van der Waals surface area contributed by atoms with Crippen molar-refractivity contribution >= 4 is 17.6 Å². The van der Waals surface area contributed by atoms with E-state index in [1.807, 2.05) is 31.2 Å². The Morgan fingerprint density at radius 1 is 1.19 bits per heavy atom. The molecule has 0 atom stereocenters. The van der Waals surface area contributed by atoms with Crippen molar-refractivity contribution in [1.82, 2.24) is 0 Å². The molecule has 0 saturated heterocycles. The first-order valence-corrected chi connectivity index (χ1v) is 7.06. The lowest BCUT2D eigenvalue weighted by Gasteiger charge is -2.19. The van der Waals surface area contributed by atoms with Crippen LogP contribution in [-0.4, -0.2) is 18.5 Å². The maximum atomic E-state index is 11.7. The average molecular weight is 289 g/mol. The molecule has 0 bridgehead atoms. The third-order valence-corrected chi connectivity index (χ3v) is 2.87. The number of amides is 1.